The number of nitriles is 1. The Kier molecular flexibility index (Phi) is 7.47. The van der Waals surface area contributed by atoms with Crippen molar-refractivity contribution in [2.24, 2.45) is 0 Å². The Labute approximate surface area is 186 Å². The van der Waals surface area contributed by atoms with E-state index in [1.54, 1.807) is 36.0 Å². The quantitative estimate of drug-likeness (QED) is 0.398. The van der Waals surface area contributed by atoms with Crippen molar-refractivity contribution in [3.05, 3.63) is 70.9 Å². The van der Waals surface area contributed by atoms with Crippen LogP contribution in [0.5, 0.6) is 5.75 Å². The van der Waals surface area contributed by atoms with Gasteiger partial charge in [-0.05, 0) is 49.8 Å². The van der Waals surface area contributed by atoms with E-state index in [-0.39, 0.29) is 5.57 Å². The molecule has 0 radical (unpaired) electrons. The van der Waals surface area contributed by atoms with Crippen LogP contribution in [0.15, 0.2) is 60.3 Å². The molecule has 3 aromatic rings. The number of carbonyl (C=O) groups is 1. The zero-order chi connectivity index (χ0) is 22.2. The summed E-state index contributed by atoms with van der Waals surface area (Å²) in [6, 6.07) is 17.0. The van der Waals surface area contributed by atoms with Crippen molar-refractivity contribution < 1.29 is 9.53 Å². The van der Waals surface area contributed by atoms with Crippen LogP contribution < -0.4 is 10.1 Å². The molecule has 6 nitrogen and oxygen atoms in total. The molecular formula is C24H23ClN4O2. The molecule has 3 rings (SSSR count). The van der Waals surface area contributed by atoms with Crippen LogP contribution in [-0.4, -0.2) is 28.8 Å². The zero-order valence-electron chi connectivity index (χ0n) is 17.4. The summed E-state index contributed by atoms with van der Waals surface area (Å²) >= 11 is 6.42. The highest BCUT2D eigenvalue weighted by atomic mass is 35.5. The van der Waals surface area contributed by atoms with Crippen molar-refractivity contribution >= 4 is 23.6 Å². The lowest BCUT2D eigenvalue weighted by Crippen LogP contribution is -2.23. The third-order valence-electron chi connectivity index (χ3n) is 4.43. The number of para-hydroxylation sites is 1. The predicted octanol–water partition coefficient (Wildman–Crippen LogP) is 5.02. The molecule has 0 saturated heterocycles. The van der Waals surface area contributed by atoms with Crippen molar-refractivity contribution in [1.82, 2.24) is 15.1 Å². The summed E-state index contributed by atoms with van der Waals surface area (Å²) in [5.74, 6) is 0.177. The molecule has 1 aromatic heterocycles. The number of halogens is 1. The Morgan fingerprint density at radius 1 is 1.26 bits per heavy atom. The normalized spacial score (nSPS) is 11.1. The van der Waals surface area contributed by atoms with Crippen LogP contribution in [0, 0.1) is 11.3 Å². The number of nitrogens with one attached hydrogen (secondary N) is 1. The Bertz CT molecular complexity index is 1130. The molecule has 7 heteroatoms. The van der Waals surface area contributed by atoms with Gasteiger partial charge in [0.2, 0.25) is 0 Å². The monoisotopic (exact) mass is 434 g/mol. The van der Waals surface area contributed by atoms with Crippen molar-refractivity contribution in [2.45, 2.75) is 20.3 Å². The molecule has 1 N–H and O–H groups in total. The van der Waals surface area contributed by atoms with Crippen LogP contribution in [0.3, 0.4) is 0 Å². The van der Waals surface area contributed by atoms with Crippen molar-refractivity contribution in [1.29, 1.82) is 5.26 Å². The van der Waals surface area contributed by atoms with E-state index in [4.69, 9.17) is 21.4 Å². The minimum absolute atomic E-state index is 0.00436. The van der Waals surface area contributed by atoms with Gasteiger partial charge in [0.25, 0.3) is 5.91 Å². The number of benzene rings is 2. The summed E-state index contributed by atoms with van der Waals surface area (Å²) in [6.45, 7) is 4.84. The summed E-state index contributed by atoms with van der Waals surface area (Å²) in [7, 11) is 0. The van der Waals surface area contributed by atoms with E-state index >= 15 is 0 Å². The summed E-state index contributed by atoms with van der Waals surface area (Å²) < 4.78 is 7.37. The highest BCUT2D eigenvalue weighted by Gasteiger charge is 2.16. The molecule has 1 amide bonds. The van der Waals surface area contributed by atoms with Gasteiger partial charge < -0.3 is 10.1 Å². The van der Waals surface area contributed by atoms with E-state index in [1.807, 2.05) is 49.4 Å². The van der Waals surface area contributed by atoms with Gasteiger partial charge in [-0.15, -0.1) is 0 Å². The molecule has 2 aromatic carbocycles. The van der Waals surface area contributed by atoms with Gasteiger partial charge in [0.15, 0.2) is 0 Å². The lowest BCUT2D eigenvalue weighted by molar-refractivity contribution is -0.116. The maximum atomic E-state index is 12.2. The average molecular weight is 435 g/mol. The van der Waals surface area contributed by atoms with Crippen LogP contribution in [0.2, 0.25) is 5.02 Å². The van der Waals surface area contributed by atoms with Crippen molar-refractivity contribution in [3.8, 4) is 28.8 Å². The first kappa shape index (κ1) is 22.1. The second kappa shape index (κ2) is 10.5. The number of ether oxygens (including phenoxy) is 1. The van der Waals surface area contributed by atoms with Crippen LogP contribution in [-0.2, 0) is 4.79 Å². The van der Waals surface area contributed by atoms with Crippen LogP contribution in [0.1, 0.15) is 25.8 Å². The lowest BCUT2D eigenvalue weighted by atomic mass is 10.1. The summed E-state index contributed by atoms with van der Waals surface area (Å²) in [5.41, 5.74) is 2.84. The third kappa shape index (κ3) is 5.33. The fourth-order valence-electron chi connectivity index (χ4n) is 2.97. The minimum Gasteiger partial charge on any atom is -0.492 e. The molecule has 0 fully saturated rings. The van der Waals surface area contributed by atoms with E-state index in [0.717, 1.165) is 17.7 Å². The van der Waals surface area contributed by atoms with E-state index in [1.165, 1.54) is 0 Å². The SMILES string of the molecule is CCCOc1ccc(-c2nn(-c3ccccc3)cc2/C=C(/C#N)C(=O)NCC)cc1Cl. The number of rotatable bonds is 8. The second-order valence-electron chi connectivity index (χ2n) is 6.74. The van der Waals surface area contributed by atoms with Crippen LogP contribution in [0.25, 0.3) is 23.0 Å². The van der Waals surface area contributed by atoms with E-state index in [9.17, 15) is 10.1 Å². The van der Waals surface area contributed by atoms with Gasteiger partial charge in [0.05, 0.1) is 17.3 Å². The van der Waals surface area contributed by atoms with Gasteiger partial charge in [0, 0.05) is 23.9 Å². The molecule has 1 heterocycles. The minimum atomic E-state index is -0.426. The number of likely N-dealkylation sites (N-methyl/N-ethyl adjacent to an activating group) is 1. The fraction of sp³-hybridized carbons (Fsp3) is 0.208. The molecular weight excluding hydrogens is 412 g/mol. The average Bonchev–Trinajstić information content (AvgIpc) is 3.21. The maximum Gasteiger partial charge on any atom is 0.261 e. The number of hydrogen-bond acceptors (Lipinski definition) is 4. The van der Waals surface area contributed by atoms with E-state index < -0.39 is 5.91 Å². The molecule has 0 aliphatic rings. The predicted molar refractivity (Wildman–Crippen MR) is 122 cm³/mol. The van der Waals surface area contributed by atoms with Crippen LogP contribution >= 0.6 is 11.6 Å². The zero-order valence-corrected chi connectivity index (χ0v) is 18.2. The van der Waals surface area contributed by atoms with Gasteiger partial charge in [0.1, 0.15) is 23.1 Å². The first-order valence-corrected chi connectivity index (χ1v) is 10.4. The Morgan fingerprint density at radius 2 is 2.03 bits per heavy atom. The van der Waals surface area contributed by atoms with Gasteiger partial charge in [-0.2, -0.15) is 10.4 Å². The van der Waals surface area contributed by atoms with Gasteiger partial charge in [-0.3, -0.25) is 4.79 Å². The van der Waals surface area contributed by atoms with Crippen molar-refractivity contribution in [3.63, 3.8) is 0 Å². The number of amides is 1. The summed E-state index contributed by atoms with van der Waals surface area (Å²) in [4.78, 5) is 12.2. The Morgan fingerprint density at radius 3 is 2.68 bits per heavy atom. The highest BCUT2D eigenvalue weighted by Crippen LogP contribution is 2.32. The van der Waals surface area contributed by atoms with Gasteiger partial charge >= 0.3 is 0 Å². The highest BCUT2D eigenvalue weighted by molar-refractivity contribution is 6.32. The molecule has 0 spiro atoms. The Balaban J connectivity index is 2.10. The second-order valence-corrected chi connectivity index (χ2v) is 7.14. The molecule has 0 bridgehead atoms. The molecule has 0 unspecified atom stereocenters. The first-order valence-electron chi connectivity index (χ1n) is 10.0. The molecule has 158 valence electrons. The summed E-state index contributed by atoms with van der Waals surface area (Å²) in [5, 5.41) is 17.3. The standard InChI is InChI=1S/C24H23ClN4O2/c1-3-12-31-22-11-10-17(14-21(22)25)23-19(13-18(15-26)24(30)27-4-2)16-29(28-23)20-8-6-5-7-9-20/h5-11,13-14,16H,3-4,12H2,1-2H3,(H,27,30)/b18-13-. The largest absolute Gasteiger partial charge is 0.492 e. The lowest BCUT2D eigenvalue weighted by Gasteiger charge is -2.08. The molecule has 0 aliphatic carbocycles. The molecule has 0 saturated carbocycles. The van der Waals surface area contributed by atoms with Gasteiger partial charge in [-0.25, -0.2) is 4.68 Å². The van der Waals surface area contributed by atoms with Crippen molar-refractivity contribution in [2.75, 3.05) is 13.2 Å². The number of nitrogens with zero attached hydrogens (tertiary/aromatic N) is 3. The number of hydrogen-bond donors (Lipinski definition) is 1. The molecule has 31 heavy (non-hydrogen) atoms. The number of aromatic nitrogens is 2. The first-order chi connectivity index (χ1) is 15.1. The Hall–Kier alpha value is -3.56. The molecule has 0 atom stereocenters. The molecule has 0 aliphatic heterocycles. The third-order valence-corrected chi connectivity index (χ3v) is 4.73. The van der Waals surface area contributed by atoms with Gasteiger partial charge in [-0.1, -0.05) is 36.7 Å². The summed E-state index contributed by atoms with van der Waals surface area (Å²) in [6.07, 6.45) is 4.21. The van der Waals surface area contributed by atoms with E-state index in [0.29, 0.717) is 35.2 Å². The van der Waals surface area contributed by atoms with Crippen LogP contribution in [0.4, 0.5) is 0 Å². The maximum absolute atomic E-state index is 12.2. The fourth-order valence-corrected chi connectivity index (χ4v) is 3.20. The van der Waals surface area contributed by atoms with E-state index in [2.05, 4.69) is 5.32 Å². The topological polar surface area (TPSA) is 79.9 Å². The smallest absolute Gasteiger partial charge is 0.261 e. The number of carbonyl (C=O) groups excluding carboxylic acids is 1.